The van der Waals surface area contributed by atoms with Gasteiger partial charge in [0.05, 0.1) is 16.3 Å². The van der Waals surface area contributed by atoms with Crippen molar-refractivity contribution in [2.75, 3.05) is 21.7 Å². The molecule has 0 saturated heterocycles. The second-order valence-electron chi connectivity index (χ2n) is 4.91. The van der Waals surface area contributed by atoms with Crippen molar-refractivity contribution in [2.45, 2.75) is 0 Å². The van der Waals surface area contributed by atoms with E-state index in [0.29, 0.717) is 0 Å². The Balaban J connectivity index is 1.78. The highest BCUT2D eigenvalue weighted by atomic mass is 16.6. The summed E-state index contributed by atoms with van der Waals surface area (Å²) in [5.41, 5.74) is 12.4. The number of nitro groups is 1. The van der Waals surface area contributed by atoms with Gasteiger partial charge in [-0.1, -0.05) is 36.4 Å². The minimum absolute atomic E-state index is 0.0428. The molecule has 0 saturated carbocycles. The Morgan fingerprint density at radius 2 is 1.16 bits per heavy atom. The smallest absolute Gasteiger partial charge is 0.299 e. The highest BCUT2D eigenvalue weighted by Crippen LogP contribution is 2.28. The fourth-order valence-corrected chi connectivity index (χ4v) is 2.04. The van der Waals surface area contributed by atoms with Crippen molar-refractivity contribution in [3.63, 3.8) is 0 Å². The lowest BCUT2D eigenvalue weighted by Gasteiger charge is -2.12. The summed E-state index contributed by atoms with van der Waals surface area (Å²) >= 11 is 0. The van der Waals surface area contributed by atoms with Gasteiger partial charge in [0, 0.05) is 0 Å². The van der Waals surface area contributed by atoms with E-state index in [0.717, 1.165) is 11.4 Å². The molecule has 0 amide bonds. The fraction of sp³-hybridized carbons (Fsp3) is 0. The van der Waals surface area contributed by atoms with E-state index in [1.54, 1.807) is 0 Å². The Morgan fingerprint density at radius 1 is 0.720 bits per heavy atom. The lowest BCUT2D eigenvalue weighted by Crippen LogP contribution is -2.16. The maximum Gasteiger partial charge on any atom is 0.356 e. The van der Waals surface area contributed by atoms with Gasteiger partial charge in [-0.3, -0.25) is 31.8 Å². The number of nitrogens with zero attached hydrogens (tertiary/aromatic N) is 3. The van der Waals surface area contributed by atoms with Crippen LogP contribution in [0.1, 0.15) is 0 Å². The molecule has 0 aliphatic heterocycles. The van der Waals surface area contributed by atoms with E-state index >= 15 is 0 Å². The van der Waals surface area contributed by atoms with E-state index in [4.69, 9.17) is 0 Å². The summed E-state index contributed by atoms with van der Waals surface area (Å²) in [6.07, 6.45) is 1.23. The average Bonchev–Trinajstić information content (AvgIpc) is 2.66. The van der Waals surface area contributed by atoms with Crippen LogP contribution in [0.3, 0.4) is 0 Å². The van der Waals surface area contributed by atoms with E-state index in [-0.39, 0.29) is 17.3 Å². The maximum atomic E-state index is 11.5. The molecule has 126 valence electrons. The first-order valence-electron chi connectivity index (χ1n) is 7.37. The predicted octanol–water partition coefficient (Wildman–Crippen LogP) is 3.26. The van der Waals surface area contributed by atoms with Crippen molar-refractivity contribution in [3.8, 4) is 0 Å². The Kier molecular flexibility index (Phi) is 4.86. The Labute approximate surface area is 143 Å². The second-order valence-corrected chi connectivity index (χ2v) is 4.91. The molecule has 0 atom stereocenters. The number of hydrogen-bond acceptors (Lipinski definition) is 8. The van der Waals surface area contributed by atoms with E-state index in [9.17, 15) is 10.1 Å². The van der Waals surface area contributed by atoms with Gasteiger partial charge in [0.25, 0.3) is 0 Å². The third kappa shape index (κ3) is 4.10. The molecule has 1 aromatic heterocycles. The number of hydrazine groups is 2. The SMILES string of the molecule is O=[N+]([O-])c1c(NNc2ccccc2)ncnc1NNc1ccccc1. The molecule has 0 aliphatic rings. The third-order valence-electron chi connectivity index (χ3n) is 3.20. The highest BCUT2D eigenvalue weighted by molar-refractivity contribution is 5.71. The quantitative estimate of drug-likeness (QED) is 0.383. The molecule has 0 aliphatic carbocycles. The molecule has 4 N–H and O–H groups in total. The number of aromatic nitrogens is 2. The number of anilines is 4. The fourth-order valence-electron chi connectivity index (χ4n) is 2.04. The summed E-state index contributed by atoms with van der Waals surface area (Å²) in [5.74, 6) is 0.0856. The molecule has 0 fully saturated rings. The van der Waals surface area contributed by atoms with E-state index in [1.165, 1.54) is 6.33 Å². The van der Waals surface area contributed by atoms with Crippen LogP contribution in [-0.2, 0) is 0 Å². The molecule has 9 nitrogen and oxygen atoms in total. The van der Waals surface area contributed by atoms with Crippen LogP contribution in [0.4, 0.5) is 28.7 Å². The zero-order valence-electron chi connectivity index (χ0n) is 13.0. The summed E-state index contributed by atoms with van der Waals surface area (Å²) < 4.78 is 0. The largest absolute Gasteiger partial charge is 0.356 e. The first kappa shape index (κ1) is 16.0. The number of benzene rings is 2. The lowest BCUT2D eigenvalue weighted by atomic mass is 10.3. The highest BCUT2D eigenvalue weighted by Gasteiger charge is 2.23. The number of rotatable bonds is 7. The second kappa shape index (κ2) is 7.59. The third-order valence-corrected chi connectivity index (χ3v) is 3.20. The first-order valence-corrected chi connectivity index (χ1v) is 7.37. The maximum absolute atomic E-state index is 11.5. The van der Waals surface area contributed by atoms with Crippen molar-refractivity contribution in [2.24, 2.45) is 0 Å². The van der Waals surface area contributed by atoms with Gasteiger partial charge < -0.3 is 0 Å². The molecule has 0 bridgehead atoms. The first-order chi connectivity index (χ1) is 12.2. The van der Waals surface area contributed by atoms with Crippen LogP contribution in [0, 0.1) is 10.1 Å². The Hall–Kier alpha value is -3.88. The van der Waals surface area contributed by atoms with Crippen LogP contribution >= 0.6 is 0 Å². The van der Waals surface area contributed by atoms with Gasteiger partial charge >= 0.3 is 5.69 Å². The van der Waals surface area contributed by atoms with E-state index in [2.05, 4.69) is 31.7 Å². The predicted molar refractivity (Wildman–Crippen MR) is 96.1 cm³/mol. The molecular weight excluding hydrogens is 322 g/mol. The minimum atomic E-state index is -0.552. The van der Waals surface area contributed by atoms with Gasteiger partial charge in [0.2, 0.25) is 11.6 Å². The minimum Gasteiger partial charge on any atom is -0.299 e. The van der Waals surface area contributed by atoms with Crippen molar-refractivity contribution in [1.82, 2.24) is 9.97 Å². The summed E-state index contributed by atoms with van der Waals surface area (Å²) in [6, 6.07) is 18.4. The molecular formula is C16H15N7O2. The Bertz CT molecular complexity index is 782. The number of nitrogens with one attached hydrogen (secondary N) is 4. The van der Waals surface area contributed by atoms with Gasteiger partial charge in [-0.15, -0.1) is 0 Å². The average molecular weight is 337 g/mol. The van der Waals surface area contributed by atoms with E-state index < -0.39 is 4.92 Å². The van der Waals surface area contributed by atoms with Gasteiger partial charge in [0.1, 0.15) is 6.33 Å². The zero-order chi connectivity index (χ0) is 17.5. The van der Waals surface area contributed by atoms with Crippen LogP contribution in [-0.4, -0.2) is 14.9 Å². The molecule has 3 aromatic rings. The molecule has 0 spiro atoms. The van der Waals surface area contributed by atoms with Gasteiger partial charge in [0.15, 0.2) is 0 Å². The molecule has 2 aromatic carbocycles. The number of para-hydroxylation sites is 2. The van der Waals surface area contributed by atoms with Gasteiger partial charge in [-0.25, -0.2) is 9.97 Å². The summed E-state index contributed by atoms with van der Waals surface area (Å²) in [6.45, 7) is 0. The van der Waals surface area contributed by atoms with Crippen LogP contribution in [0.15, 0.2) is 67.0 Å². The standard InChI is InChI=1S/C16H15N7O2/c24-23(25)14-15(21-19-12-7-3-1-4-8-12)17-11-18-16(14)22-20-13-9-5-2-6-10-13/h1-11,19-20H,(H2,17,18,21,22). The molecule has 3 rings (SSSR count). The summed E-state index contributed by atoms with van der Waals surface area (Å²) in [7, 11) is 0. The van der Waals surface area contributed by atoms with Gasteiger partial charge in [-0.2, -0.15) is 0 Å². The van der Waals surface area contributed by atoms with Crippen LogP contribution < -0.4 is 21.7 Å². The van der Waals surface area contributed by atoms with Crippen LogP contribution in [0.25, 0.3) is 0 Å². The van der Waals surface area contributed by atoms with E-state index in [1.807, 2.05) is 60.7 Å². The molecule has 1 heterocycles. The summed E-state index contributed by atoms with van der Waals surface area (Å²) in [5, 5.41) is 11.5. The molecule has 0 radical (unpaired) electrons. The van der Waals surface area contributed by atoms with Gasteiger partial charge in [-0.05, 0) is 24.3 Å². The Morgan fingerprint density at radius 3 is 1.56 bits per heavy atom. The zero-order valence-corrected chi connectivity index (χ0v) is 13.0. The molecule has 9 heteroatoms. The van der Waals surface area contributed by atoms with Crippen LogP contribution in [0.5, 0.6) is 0 Å². The van der Waals surface area contributed by atoms with Crippen molar-refractivity contribution in [1.29, 1.82) is 0 Å². The molecule has 25 heavy (non-hydrogen) atoms. The molecule has 0 unspecified atom stereocenters. The van der Waals surface area contributed by atoms with Crippen molar-refractivity contribution < 1.29 is 4.92 Å². The monoisotopic (exact) mass is 337 g/mol. The topological polar surface area (TPSA) is 117 Å². The summed E-state index contributed by atoms with van der Waals surface area (Å²) in [4.78, 5) is 18.8. The van der Waals surface area contributed by atoms with Crippen molar-refractivity contribution >= 4 is 28.7 Å². The lowest BCUT2D eigenvalue weighted by molar-refractivity contribution is -0.383. The van der Waals surface area contributed by atoms with Crippen molar-refractivity contribution in [3.05, 3.63) is 77.1 Å². The van der Waals surface area contributed by atoms with Crippen LogP contribution in [0.2, 0.25) is 0 Å². The normalized spacial score (nSPS) is 9.92. The number of hydrogen-bond donors (Lipinski definition) is 4.